The molecule has 0 atom stereocenters. The second-order valence-electron chi connectivity index (χ2n) is 3.23. The van der Waals surface area contributed by atoms with E-state index in [0.29, 0.717) is 12.1 Å². The molecule has 0 saturated carbocycles. The molecular formula is C11H10IN3O. The molecule has 0 bridgehead atoms. The Balaban J connectivity index is 1.95. The van der Waals surface area contributed by atoms with Crippen molar-refractivity contribution in [3.8, 4) is 0 Å². The number of nitrogens with zero attached hydrogens (tertiary/aromatic N) is 1. The van der Waals surface area contributed by atoms with Crippen LogP contribution in [0.4, 0.5) is 0 Å². The molecule has 1 amide bonds. The van der Waals surface area contributed by atoms with E-state index in [1.807, 2.05) is 12.1 Å². The van der Waals surface area contributed by atoms with Gasteiger partial charge in [-0.25, -0.2) is 4.98 Å². The van der Waals surface area contributed by atoms with Crippen LogP contribution < -0.4 is 5.32 Å². The van der Waals surface area contributed by atoms with Gasteiger partial charge in [-0.2, -0.15) is 0 Å². The summed E-state index contributed by atoms with van der Waals surface area (Å²) in [5.74, 6) is 0.659. The van der Waals surface area contributed by atoms with Crippen molar-refractivity contribution in [1.82, 2.24) is 15.3 Å². The number of halogens is 1. The minimum Gasteiger partial charge on any atom is -0.347 e. The predicted molar refractivity (Wildman–Crippen MR) is 68.9 cm³/mol. The fourth-order valence-electron chi connectivity index (χ4n) is 1.26. The van der Waals surface area contributed by atoms with Crippen LogP contribution in [0, 0.1) is 3.57 Å². The van der Waals surface area contributed by atoms with E-state index in [9.17, 15) is 4.79 Å². The molecular weight excluding hydrogens is 317 g/mol. The number of nitrogens with one attached hydrogen (secondary N) is 2. The van der Waals surface area contributed by atoms with E-state index in [2.05, 4.69) is 37.9 Å². The number of aromatic nitrogens is 2. The number of aromatic amines is 1. The Labute approximate surface area is 107 Å². The molecule has 2 aromatic rings. The SMILES string of the molecule is O=C(NCc1ncc[nH]1)c1ccc(I)cc1. The number of imidazole rings is 1. The smallest absolute Gasteiger partial charge is 0.251 e. The number of rotatable bonds is 3. The largest absolute Gasteiger partial charge is 0.347 e. The van der Waals surface area contributed by atoms with Crippen molar-refractivity contribution in [2.24, 2.45) is 0 Å². The lowest BCUT2D eigenvalue weighted by Gasteiger charge is -2.03. The van der Waals surface area contributed by atoms with Crippen LogP contribution in [-0.2, 0) is 6.54 Å². The molecule has 0 aliphatic heterocycles. The lowest BCUT2D eigenvalue weighted by Crippen LogP contribution is -2.23. The van der Waals surface area contributed by atoms with Crippen LogP contribution in [0.2, 0.25) is 0 Å². The summed E-state index contributed by atoms with van der Waals surface area (Å²) in [7, 11) is 0. The van der Waals surface area contributed by atoms with Crippen molar-refractivity contribution in [3.63, 3.8) is 0 Å². The first-order valence-corrected chi connectivity index (χ1v) is 5.85. The van der Waals surface area contributed by atoms with E-state index in [1.54, 1.807) is 24.5 Å². The molecule has 5 heteroatoms. The maximum Gasteiger partial charge on any atom is 0.251 e. The van der Waals surface area contributed by atoms with E-state index >= 15 is 0 Å². The minimum absolute atomic E-state index is 0.0900. The first kappa shape index (κ1) is 11.1. The third kappa shape index (κ3) is 2.82. The first-order valence-electron chi connectivity index (χ1n) is 4.78. The number of carbonyl (C=O) groups excluding carboxylic acids is 1. The van der Waals surface area contributed by atoms with Gasteiger partial charge in [0, 0.05) is 21.5 Å². The Morgan fingerprint density at radius 3 is 2.75 bits per heavy atom. The van der Waals surface area contributed by atoms with Crippen molar-refractivity contribution < 1.29 is 4.79 Å². The lowest BCUT2D eigenvalue weighted by molar-refractivity contribution is 0.0950. The molecule has 0 aliphatic rings. The highest BCUT2D eigenvalue weighted by molar-refractivity contribution is 14.1. The van der Waals surface area contributed by atoms with Gasteiger partial charge in [-0.3, -0.25) is 4.79 Å². The lowest BCUT2D eigenvalue weighted by atomic mass is 10.2. The fraction of sp³-hybridized carbons (Fsp3) is 0.0909. The van der Waals surface area contributed by atoms with Crippen LogP contribution in [0.3, 0.4) is 0 Å². The van der Waals surface area contributed by atoms with Gasteiger partial charge < -0.3 is 10.3 Å². The molecule has 0 radical (unpaired) electrons. The summed E-state index contributed by atoms with van der Waals surface area (Å²) >= 11 is 2.20. The quantitative estimate of drug-likeness (QED) is 0.847. The average molecular weight is 327 g/mol. The van der Waals surface area contributed by atoms with E-state index in [-0.39, 0.29) is 5.91 Å². The predicted octanol–water partition coefficient (Wildman–Crippen LogP) is 1.94. The molecule has 1 heterocycles. The van der Waals surface area contributed by atoms with Gasteiger partial charge in [0.2, 0.25) is 0 Å². The van der Waals surface area contributed by atoms with E-state index in [0.717, 1.165) is 9.39 Å². The van der Waals surface area contributed by atoms with Gasteiger partial charge in [0.25, 0.3) is 5.91 Å². The number of hydrogen-bond acceptors (Lipinski definition) is 2. The molecule has 0 unspecified atom stereocenters. The molecule has 0 saturated heterocycles. The molecule has 82 valence electrons. The summed E-state index contributed by atoms with van der Waals surface area (Å²) in [6, 6.07) is 7.42. The summed E-state index contributed by atoms with van der Waals surface area (Å²) in [6.45, 7) is 0.415. The zero-order chi connectivity index (χ0) is 11.4. The first-order chi connectivity index (χ1) is 7.75. The number of benzene rings is 1. The van der Waals surface area contributed by atoms with E-state index < -0.39 is 0 Å². The molecule has 16 heavy (non-hydrogen) atoms. The van der Waals surface area contributed by atoms with Gasteiger partial charge in [0.05, 0.1) is 6.54 Å². The summed E-state index contributed by atoms with van der Waals surface area (Å²) in [4.78, 5) is 18.6. The Bertz CT molecular complexity index is 464. The van der Waals surface area contributed by atoms with Crippen LogP contribution in [0.15, 0.2) is 36.7 Å². The van der Waals surface area contributed by atoms with E-state index in [4.69, 9.17) is 0 Å². The molecule has 0 fully saturated rings. The normalized spacial score (nSPS) is 10.1. The van der Waals surface area contributed by atoms with Gasteiger partial charge in [0.1, 0.15) is 5.82 Å². The summed E-state index contributed by atoms with van der Waals surface area (Å²) in [6.07, 6.45) is 3.39. The Morgan fingerprint density at radius 2 is 2.12 bits per heavy atom. The maximum atomic E-state index is 11.7. The zero-order valence-corrected chi connectivity index (χ0v) is 10.6. The van der Waals surface area contributed by atoms with E-state index in [1.165, 1.54) is 0 Å². The molecule has 4 nitrogen and oxygen atoms in total. The van der Waals surface area contributed by atoms with Gasteiger partial charge in [-0.15, -0.1) is 0 Å². The average Bonchev–Trinajstić information content (AvgIpc) is 2.80. The van der Waals surface area contributed by atoms with Crippen LogP contribution >= 0.6 is 22.6 Å². The van der Waals surface area contributed by atoms with Crippen LogP contribution in [0.1, 0.15) is 16.2 Å². The summed E-state index contributed by atoms with van der Waals surface area (Å²) in [5, 5.41) is 2.79. The van der Waals surface area contributed by atoms with Crippen molar-refractivity contribution in [2.45, 2.75) is 6.54 Å². The van der Waals surface area contributed by atoms with Crippen molar-refractivity contribution >= 4 is 28.5 Å². The number of carbonyl (C=O) groups is 1. The number of amides is 1. The molecule has 1 aromatic heterocycles. The second-order valence-corrected chi connectivity index (χ2v) is 4.47. The zero-order valence-electron chi connectivity index (χ0n) is 8.40. The van der Waals surface area contributed by atoms with Crippen LogP contribution in [-0.4, -0.2) is 15.9 Å². The topological polar surface area (TPSA) is 57.8 Å². The highest BCUT2D eigenvalue weighted by Gasteiger charge is 2.04. The second kappa shape index (κ2) is 5.11. The number of hydrogen-bond donors (Lipinski definition) is 2. The fourth-order valence-corrected chi connectivity index (χ4v) is 1.62. The third-order valence-corrected chi connectivity index (χ3v) is 2.80. The van der Waals surface area contributed by atoms with Gasteiger partial charge in [0.15, 0.2) is 0 Å². The Kier molecular flexibility index (Phi) is 3.55. The molecule has 0 aliphatic carbocycles. The molecule has 1 aromatic carbocycles. The molecule has 2 rings (SSSR count). The third-order valence-electron chi connectivity index (χ3n) is 2.08. The highest BCUT2D eigenvalue weighted by atomic mass is 127. The Morgan fingerprint density at radius 1 is 1.38 bits per heavy atom. The van der Waals surface area contributed by atoms with Crippen LogP contribution in [0.25, 0.3) is 0 Å². The van der Waals surface area contributed by atoms with Crippen molar-refractivity contribution in [1.29, 1.82) is 0 Å². The molecule has 0 spiro atoms. The van der Waals surface area contributed by atoms with Crippen LogP contribution in [0.5, 0.6) is 0 Å². The van der Waals surface area contributed by atoms with Gasteiger partial charge in [-0.1, -0.05) is 0 Å². The van der Waals surface area contributed by atoms with Crippen molar-refractivity contribution in [2.75, 3.05) is 0 Å². The monoisotopic (exact) mass is 327 g/mol. The van der Waals surface area contributed by atoms with Gasteiger partial charge in [-0.05, 0) is 46.9 Å². The molecule has 2 N–H and O–H groups in total. The summed E-state index contributed by atoms with van der Waals surface area (Å²) < 4.78 is 1.11. The number of H-pyrrole nitrogens is 1. The van der Waals surface area contributed by atoms with Crippen molar-refractivity contribution in [3.05, 3.63) is 51.6 Å². The van der Waals surface area contributed by atoms with Gasteiger partial charge >= 0.3 is 0 Å². The summed E-state index contributed by atoms with van der Waals surface area (Å²) in [5.41, 5.74) is 0.659. The maximum absolute atomic E-state index is 11.7. The standard InChI is InChI=1S/C11H10IN3O/c12-9-3-1-8(2-4-9)11(16)15-7-10-13-5-6-14-10/h1-6H,7H2,(H,13,14)(H,15,16). The Hall–Kier alpha value is -1.37. The highest BCUT2D eigenvalue weighted by Crippen LogP contribution is 2.06. The minimum atomic E-state index is -0.0900.